The second-order valence-corrected chi connectivity index (χ2v) is 30.1. The van der Waals surface area contributed by atoms with E-state index < -0.39 is 30.1 Å². The second-order valence-electron chi connectivity index (χ2n) is 24.8. The first-order chi connectivity index (χ1) is 52.4. The number of nitrogens with two attached hydrogens (primary N) is 1. The van der Waals surface area contributed by atoms with E-state index in [1.165, 1.54) is 37.2 Å². The summed E-state index contributed by atoms with van der Waals surface area (Å²) in [6, 6.07) is 55.9. The third-order valence-electron chi connectivity index (χ3n) is 17.7. The minimum atomic E-state index is -4.10. The summed E-state index contributed by atoms with van der Waals surface area (Å²) in [7, 11) is -2.39. The molecular formula is C77H86IN15O12S3. The molecule has 0 saturated heterocycles. The van der Waals surface area contributed by atoms with Crippen LogP contribution in [0.15, 0.2) is 197 Å². The molecule has 12 aromatic rings. The van der Waals surface area contributed by atoms with Crippen LogP contribution in [0.2, 0.25) is 0 Å². The highest BCUT2D eigenvalue weighted by molar-refractivity contribution is 14.0. The van der Waals surface area contributed by atoms with Crippen molar-refractivity contribution < 1.29 is 53.7 Å². The molecule has 0 aliphatic carbocycles. The smallest absolute Gasteiger partial charge is 0.244 e. The van der Waals surface area contributed by atoms with Crippen molar-refractivity contribution in [2.24, 2.45) is 5.14 Å². The number of hydrogen-bond acceptors (Lipinski definition) is 21. The van der Waals surface area contributed by atoms with Gasteiger partial charge in [-0.05, 0) is 201 Å². The molecule has 0 aliphatic heterocycles. The molecule has 0 radical (unpaired) electrons. The molecule has 0 fully saturated rings. The van der Waals surface area contributed by atoms with E-state index in [9.17, 15) is 25.3 Å². The number of sulfonamides is 3. The van der Waals surface area contributed by atoms with Gasteiger partial charge in [-0.2, -0.15) is 18.6 Å². The molecule has 0 unspecified atom stereocenters. The highest BCUT2D eigenvalue weighted by Crippen LogP contribution is 2.39. The van der Waals surface area contributed by atoms with Crippen LogP contribution in [0.1, 0.15) is 80.6 Å². The van der Waals surface area contributed by atoms with E-state index in [2.05, 4.69) is 51.6 Å². The first-order valence-electron chi connectivity index (χ1n) is 34.3. The number of halogens is 1. The first-order valence-corrected chi connectivity index (χ1v) is 38.3. The Morgan fingerprint density at radius 2 is 0.769 bits per heavy atom. The summed E-state index contributed by atoms with van der Waals surface area (Å²) < 4.78 is 125. The van der Waals surface area contributed by atoms with Crippen LogP contribution >= 0.6 is 23.8 Å². The van der Waals surface area contributed by atoms with Gasteiger partial charge in [0.05, 0.1) is 70.4 Å². The van der Waals surface area contributed by atoms with Crippen LogP contribution in [0.5, 0.6) is 34.5 Å². The monoisotopic (exact) mass is 1640 g/mol. The summed E-state index contributed by atoms with van der Waals surface area (Å²) >= 11 is 1.40. The van der Waals surface area contributed by atoms with Gasteiger partial charge in [0.15, 0.2) is 5.82 Å². The van der Waals surface area contributed by atoms with E-state index in [1.807, 2.05) is 191 Å². The molecule has 0 saturated carbocycles. The molecule has 27 nitrogen and oxygen atoms in total. The van der Waals surface area contributed by atoms with Crippen LogP contribution in [0.25, 0.3) is 34.2 Å². The Hall–Kier alpha value is -10.6. The van der Waals surface area contributed by atoms with Gasteiger partial charge < -0.3 is 28.4 Å². The number of primary sulfonamides is 1. The minimum absolute atomic E-state index is 0.0406. The summed E-state index contributed by atoms with van der Waals surface area (Å²) in [5.41, 5.74) is 10.7. The van der Waals surface area contributed by atoms with Gasteiger partial charge in [0.25, 0.3) is 0 Å². The lowest BCUT2D eigenvalue weighted by molar-refractivity contribution is 0.397. The molecule has 3 N–H and O–H groups in total. The standard InChI is InChI=1S/2C34H37N5O5S.C9H11N5O2S.HI/c1-6-28-14-7-24(2)33(32(28)34-35-36-37-39(34)23-27-12-19-31(44-5)20-13-27)45(40,41)38(21-25-8-15-29(42-3)16-9-25)22-26-10-17-30(43-4)18-11-26;1-6-28-14-7-24(2)33(32(28)34-35-37-39(36-34)23-27-12-19-31(44-5)20-13-27)45(40,41)38(21-25-8-15-29(42-3)16-9-25)22-26-10-17-30(43-4)18-11-26;1-5-3-4-6(2)8(17(10,15)16)7(5)9-11-13-14-12-9;/h2*7-20H,6,21-23H2,1-5H3;3-4H,1-2H3,(H2,10,15,16)(H,11,12,13,14);1H/i/hD. The molecule has 0 atom stereocenters. The third kappa shape index (κ3) is 19.6. The number of benzene rings is 9. The van der Waals surface area contributed by atoms with E-state index >= 15 is 0 Å². The summed E-state index contributed by atoms with van der Waals surface area (Å²) in [4.78, 5) is 1.88. The molecule has 0 amide bonds. The lowest BCUT2D eigenvalue weighted by Crippen LogP contribution is -2.31. The van der Waals surface area contributed by atoms with Gasteiger partial charge in [0, 0.05) is 42.9 Å². The molecule has 0 spiro atoms. The Balaban J connectivity index is 0.000000203. The molecule has 3 aromatic heterocycles. The molecule has 3 heterocycles. The lowest BCUT2D eigenvalue weighted by atomic mass is 10.0. The van der Waals surface area contributed by atoms with Gasteiger partial charge in [-0.1, -0.05) is 123 Å². The van der Waals surface area contributed by atoms with Crippen molar-refractivity contribution >= 4 is 53.8 Å². The Labute approximate surface area is 647 Å². The van der Waals surface area contributed by atoms with Crippen molar-refractivity contribution in [3.8, 4) is 68.7 Å². The van der Waals surface area contributed by atoms with Crippen LogP contribution in [0.4, 0.5) is 0 Å². The van der Waals surface area contributed by atoms with E-state index in [-0.39, 0.29) is 52.5 Å². The Bertz CT molecular complexity index is 5240. The Morgan fingerprint density at radius 1 is 0.417 bits per heavy atom. The first kappa shape index (κ1) is 80.0. The summed E-state index contributed by atoms with van der Waals surface area (Å²) in [5, 5.41) is 44.4. The maximum Gasteiger partial charge on any atom is 0.244 e. The third-order valence-corrected chi connectivity index (χ3v) is 22.8. The minimum Gasteiger partial charge on any atom is -0.497 e. The van der Waals surface area contributed by atoms with Crippen molar-refractivity contribution in [1.29, 1.82) is 0.594 Å². The molecular weight excluding hydrogens is 1550 g/mol. The fourth-order valence-corrected chi connectivity index (χ4v) is 16.8. The average molecular weight is 1640 g/mol. The number of aromatic amines is 1. The maximum absolute atomic E-state index is 14.9. The zero-order valence-electron chi connectivity index (χ0n) is 62.9. The highest BCUT2D eigenvalue weighted by Gasteiger charge is 2.35. The Morgan fingerprint density at radius 3 is 1.14 bits per heavy atom. The van der Waals surface area contributed by atoms with Gasteiger partial charge in [-0.3, -0.25) is 0 Å². The predicted molar refractivity (Wildman–Crippen MR) is 420 cm³/mol. The van der Waals surface area contributed by atoms with Crippen LogP contribution in [0.3, 0.4) is 0 Å². The number of tetrazole rings is 3. The normalized spacial score (nSPS) is 11.5. The number of rotatable bonds is 28. The fourth-order valence-electron chi connectivity index (χ4n) is 12.0. The summed E-state index contributed by atoms with van der Waals surface area (Å²) in [6.45, 7) is 12.3. The number of methoxy groups -OCH3 is 6. The summed E-state index contributed by atoms with van der Waals surface area (Å²) in [6.07, 6.45) is 1.17. The number of nitrogens with one attached hydrogen (secondary N) is 1. The SMILES string of the molecule is CCc1ccc(C)c(S(=O)(=O)N(Cc2ccc(OC)cc2)Cc2ccc(OC)cc2)c1-c1nnn(Cc2ccc(OC)cc2)n1.CCc1ccc(C)c(S(=O)(=O)N(Cc2ccc(OC)cc2)Cc2ccc(OC)cc2)c1-c1nnnn1Cc1ccc(OC)cc1.Cc1ccc(C)c(S(N)(=O)=O)c1-c1nn[nH]n1.[2H]I. The number of hydrogen-bond donors (Lipinski definition) is 2. The number of ether oxygens (including phenoxy) is 6. The predicted octanol–water partition coefficient (Wildman–Crippen LogP) is 12.1. The quantitative estimate of drug-likeness (QED) is 0.0430. The van der Waals surface area contributed by atoms with Crippen LogP contribution in [0, 0.1) is 27.7 Å². The zero-order chi connectivity index (χ0) is 78.6. The zero-order valence-corrected chi connectivity index (χ0v) is 66.5. The van der Waals surface area contributed by atoms with Crippen LogP contribution in [-0.2, 0) is 82.2 Å². The Kier molecular flexibility index (Phi) is 27.3. The van der Waals surface area contributed by atoms with Crippen molar-refractivity contribution in [1.82, 2.24) is 69.6 Å². The fraction of sp³-hybridized carbons (Fsp3) is 0.260. The van der Waals surface area contributed by atoms with Crippen molar-refractivity contribution in [2.75, 3.05) is 42.7 Å². The average Bonchev–Trinajstić information content (AvgIpc) is 1.72. The van der Waals surface area contributed by atoms with Gasteiger partial charge in [0.2, 0.25) is 41.7 Å². The highest BCUT2D eigenvalue weighted by atomic mass is 127. The van der Waals surface area contributed by atoms with Gasteiger partial charge in [0.1, 0.15) is 35.1 Å². The van der Waals surface area contributed by atoms with Crippen molar-refractivity contribution in [3.63, 3.8) is 0 Å². The van der Waals surface area contributed by atoms with Crippen molar-refractivity contribution in [2.45, 2.75) is 108 Å². The van der Waals surface area contributed by atoms with E-state index in [0.717, 1.165) is 61.6 Å². The van der Waals surface area contributed by atoms with Gasteiger partial charge in [-0.15, -0.1) is 49.3 Å². The maximum atomic E-state index is 14.9. The lowest BCUT2D eigenvalue weighted by Gasteiger charge is -2.26. The number of nitrogens with zero attached hydrogens (tertiary/aromatic N) is 13. The molecule has 31 heteroatoms. The van der Waals surface area contributed by atoms with Crippen LogP contribution < -0.4 is 33.6 Å². The van der Waals surface area contributed by atoms with Crippen LogP contribution in [-0.4, -0.2) is 138 Å². The molecule has 566 valence electrons. The molecule has 108 heavy (non-hydrogen) atoms. The molecule has 9 aromatic carbocycles. The van der Waals surface area contributed by atoms with E-state index in [1.54, 1.807) is 80.2 Å². The summed E-state index contributed by atoms with van der Waals surface area (Å²) in [5.74, 6) is 5.14. The van der Waals surface area contributed by atoms with E-state index in [0.29, 0.717) is 88.1 Å². The van der Waals surface area contributed by atoms with E-state index in [4.69, 9.17) is 34.2 Å². The number of aryl methyl sites for hydroxylation is 6. The topological polar surface area (TPSA) is 332 Å². The van der Waals surface area contributed by atoms with Gasteiger partial charge in [-0.25, -0.2) is 35.1 Å². The number of aromatic nitrogens is 12. The molecule has 0 bridgehead atoms. The van der Waals surface area contributed by atoms with Crippen molar-refractivity contribution in [3.05, 3.63) is 249 Å². The second kappa shape index (κ2) is 36.8. The van der Waals surface area contributed by atoms with Gasteiger partial charge >= 0.3 is 0 Å². The molecule has 12 rings (SSSR count). The largest absolute Gasteiger partial charge is 0.497 e. The molecule has 0 aliphatic rings. The number of H-pyrrole nitrogens is 1.